The Kier molecular flexibility index (Phi) is 6.15. The van der Waals surface area contributed by atoms with Crippen molar-refractivity contribution in [3.05, 3.63) is 70.9 Å². The zero-order chi connectivity index (χ0) is 24.2. The van der Waals surface area contributed by atoms with Crippen LogP contribution in [0.5, 0.6) is 0 Å². The van der Waals surface area contributed by atoms with E-state index in [1.54, 1.807) is 24.3 Å². The van der Waals surface area contributed by atoms with Crippen LogP contribution in [0, 0.1) is 36.5 Å². The van der Waals surface area contributed by atoms with Crippen molar-refractivity contribution < 1.29 is 10.7 Å². The first-order valence-electron chi connectivity index (χ1n) is 10.3. The SMILES string of the molecule is Cc1cc(/C=C/C#N)cc(C)c1-c1cc([NH2+]O)cc2c(N)nc(Nc3ccc(C#N)cn3)nc12. The summed E-state index contributed by atoms with van der Waals surface area (Å²) in [5.74, 6) is 0.976. The van der Waals surface area contributed by atoms with Crippen LogP contribution in [0.3, 0.4) is 0 Å². The Bertz CT molecular complexity index is 1490. The van der Waals surface area contributed by atoms with Crippen LogP contribution in [-0.4, -0.2) is 20.2 Å². The molecule has 0 atom stereocenters. The van der Waals surface area contributed by atoms with E-state index in [1.807, 2.05) is 44.2 Å². The molecule has 0 aliphatic rings. The second kappa shape index (κ2) is 9.35. The van der Waals surface area contributed by atoms with Crippen LogP contribution in [0.4, 0.5) is 23.3 Å². The van der Waals surface area contributed by atoms with Gasteiger partial charge in [0.15, 0.2) is 5.69 Å². The molecule has 166 valence electrons. The van der Waals surface area contributed by atoms with Gasteiger partial charge < -0.3 is 11.1 Å². The predicted octanol–water partition coefficient (Wildman–Crippen LogP) is 3.63. The lowest BCUT2D eigenvalue weighted by Crippen LogP contribution is -2.73. The summed E-state index contributed by atoms with van der Waals surface area (Å²) in [5.41, 5.74) is 13.5. The third kappa shape index (κ3) is 4.38. The van der Waals surface area contributed by atoms with E-state index in [-0.39, 0.29) is 11.8 Å². The molecular formula is C25H21N8O+. The van der Waals surface area contributed by atoms with Crippen molar-refractivity contribution in [3.8, 4) is 23.3 Å². The Morgan fingerprint density at radius 2 is 1.85 bits per heavy atom. The Morgan fingerprint density at radius 1 is 1.09 bits per heavy atom. The van der Waals surface area contributed by atoms with Gasteiger partial charge in [-0.1, -0.05) is 12.1 Å². The average Bonchev–Trinajstić information content (AvgIpc) is 2.83. The molecule has 4 aromatic rings. The summed E-state index contributed by atoms with van der Waals surface area (Å²) in [6, 6.07) is 14.9. The minimum absolute atomic E-state index is 0.245. The Balaban J connectivity index is 1.90. The number of aromatic nitrogens is 3. The summed E-state index contributed by atoms with van der Waals surface area (Å²) in [5, 5.41) is 31.2. The highest BCUT2D eigenvalue weighted by molar-refractivity contribution is 6.02. The maximum Gasteiger partial charge on any atom is 0.230 e. The largest absolute Gasteiger partial charge is 0.383 e. The number of fused-ring (bicyclic) bond motifs is 1. The van der Waals surface area contributed by atoms with Crippen molar-refractivity contribution in [3.63, 3.8) is 0 Å². The summed E-state index contributed by atoms with van der Waals surface area (Å²) in [6.45, 7) is 3.97. The monoisotopic (exact) mass is 449 g/mol. The highest BCUT2D eigenvalue weighted by Gasteiger charge is 2.18. The summed E-state index contributed by atoms with van der Waals surface area (Å²) in [6.07, 6.45) is 4.65. The molecule has 0 bridgehead atoms. The van der Waals surface area contributed by atoms with E-state index in [2.05, 4.69) is 15.3 Å². The van der Waals surface area contributed by atoms with Crippen molar-refractivity contribution in [2.24, 2.45) is 0 Å². The van der Waals surface area contributed by atoms with Gasteiger partial charge in [-0.05, 0) is 54.3 Å². The molecule has 0 saturated carbocycles. The average molecular weight is 449 g/mol. The quantitative estimate of drug-likeness (QED) is 0.204. The number of pyridine rings is 1. The number of nitrogens with two attached hydrogens (primary N) is 2. The first-order valence-corrected chi connectivity index (χ1v) is 10.3. The lowest BCUT2D eigenvalue weighted by atomic mass is 9.91. The number of anilines is 3. The Labute approximate surface area is 195 Å². The molecule has 6 N–H and O–H groups in total. The molecular weight excluding hydrogens is 428 g/mol. The van der Waals surface area contributed by atoms with Crippen molar-refractivity contribution in [1.29, 1.82) is 10.5 Å². The van der Waals surface area contributed by atoms with Crippen molar-refractivity contribution >= 4 is 40.3 Å². The van der Waals surface area contributed by atoms with E-state index in [0.29, 0.717) is 28.0 Å². The van der Waals surface area contributed by atoms with Crippen LogP contribution in [-0.2, 0) is 0 Å². The van der Waals surface area contributed by atoms with Crippen LogP contribution in [0.25, 0.3) is 28.1 Å². The van der Waals surface area contributed by atoms with Crippen molar-refractivity contribution in [2.75, 3.05) is 11.1 Å². The zero-order valence-corrected chi connectivity index (χ0v) is 18.5. The van der Waals surface area contributed by atoms with Crippen LogP contribution in [0.15, 0.2) is 48.7 Å². The van der Waals surface area contributed by atoms with Gasteiger partial charge in [0.1, 0.15) is 17.7 Å². The minimum Gasteiger partial charge on any atom is -0.383 e. The maximum atomic E-state index is 9.74. The Hall–Kier alpha value is -4.83. The number of allylic oxidation sites excluding steroid dienone is 1. The molecule has 0 unspecified atom stereocenters. The van der Waals surface area contributed by atoms with Gasteiger partial charge in [-0.3, -0.25) is 0 Å². The molecule has 0 spiro atoms. The van der Waals surface area contributed by atoms with Crippen molar-refractivity contribution in [1.82, 2.24) is 15.0 Å². The number of nitrogens with one attached hydrogen (secondary N) is 1. The third-order valence-corrected chi connectivity index (χ3v) is 5.31. The fraction of sp³-hybridized carbons (Fsp3) is 0.0800. The van der Waals surface area contributed by atoms with Crippen molar-refractivity contribution in [2.45, 2.75) is 13.8 Å². The smallest absolute Gasteiger partial charge is 0.230 e. The van der Waals surface area contributed by atoms with Gasteiger partial charge in [0.05, 0.1) is 17.1 Å². The molecule has 34 heavy (non-hydrogen) atoms. The molecule has 0 fully saturated rings. The van der Waals surface area contributed by atoms with E-state index in [0.717, 1.165) is 33.3 Å². The van der Waals surface area contributed by atoms with Crippen LogP contribution < -0.4 is 16.5 Å². The number of benzene rings is 2. The normalized spacial score (nSPS) is 10.9. The zero-order valence-electron chi connectivity index (χ0n) is 18.5. The first-order chi connectivity index (χ1) is 16.4. The highest BCUT2D eigenvalue weighted by atomic mass is 16.5. The van der Waals surface area contributed by atoms with Gasteiger partial charge in [0.2, 0.25) is 5.95 Å². The summed E-state index contributed by atoms with van der Waals surface area (Å²) in [7, 11) is 0. The van der Waals surface area contributed by atoms with Gasteiger partial charge in [-0.2, -0.15) is 21.0 Å². The number of aryl methyl sites for hydroxylation is 2. The number of nitriles is 2. The molecule has 9 heteroatoms. The predicted molar refractivity (Wildman–Crippen MR) is 129 cm³/mol. The van der Waals surface area contributed by atoms with Gasteiger partial charge in [-0.15, -0.1) is 0 Å². The van der Waals surface area contributed by atoms with Gasteiger partial charge in [0.25, 0.3) is 0 Å². The number of nitrogen functional groups attached to an aromatic ring is 1. The first kappa shape index (κ1) is 22.4. The molecule has 0 saturated heterocycles. The molecule has 0 aliphatic heterocycles. The van der Waals surface area contributed by atoms with Crippen LogP contribution in [0.1, 0.15) is 22.3 Å². The summed E-state index contributed by atoms with van der Waals surface area (Å²) >= 11 is 0. The molecule has 0 amide bonds. The van der Waals surface area contributed by atoms with Gasteiger partial charge in [-0.25, -0.2) is 15.2 Å². The number of hydrogen-bond acceptors (Lipinski definition) is 8. The van der Waals surface area contributed by atoms with E-state index >= 15 is 0 Å². The fourth-order valence-electron chi connectivity index (χ4n) is 3.90. The molecule has 2 aromatic heterocycles. The highest BCUT2D eigenvalue weighted by Crippen LogP contribution is 2.37. The molecule has 0 radical (unpaired) electrons. The molecule has 2 heterocycles. The van der Waals surface area contributed by atoms with E-state index in [4.69, 9.17) is 21.2 Å². The molecule has 0 aliphatic carbocycles. The fourth-order valence-corrected chi connectivity index (χ4v) is 3.90. The van der Waals surface area contributed by atoms with E-state index in [1.165, 1.54) is 12.3 Å². The number of hydrogen-bond donors (Lipinski definition) is 4. The Morgan fingerprint density at radius 3 is 2.47 bits per heavy atom. The maximum absolute atomic E-state index is 9.74. The number of rotatable bonds is 5. The third-order valence-electron chi connectivity index (χ3n) is 5.31. The molecule has 2 aromatic carbocycles. The van der Waals surface area contributed by atoms with Crippen LogP contribution in [0.2, 0.25) is 0 Å². The molecule has 4 rings (SSSR count). The number of quaternary nitrogens is 1. The topological polar surface area (TPSA) is 161 Å². The number of nitrogens with zero attached hydrogens (tertiary/aromatic N) is 5. The van der Waals surface area contributed by atoms with E-state index in [9.17, 15) is 5.21 Å². The lowest BCUT2D eigenvalue weighted by Gasteiger charge is -2.15. The second-order valence-corrected chi connectivity index (χ2v) is 7.69. The van der Waals surface area contributed by atoms with Gasteiger partial charge in [0, 0.05) is 35.4 Å². The summed E-state index contributed by atoms with van der Waals surface area (Å²) in [4.78, 5) is 13.3. The van der Waals surface area contributed by atoms with Gasteiger partial charge >= 0.3 is 0 Å². The van der Waals surface area contributed by atoms with Crippen LogP contribution >= 0.6 is 0 Å². The van der Waals surface area contributed by atoms with E-state index < -0.39 is 0 Å². The molecule has 9 nitrogen and oxygen atoms in total. The lowest BCUT2D eigenvalue weighted by molar-refractivity contribution is -0.825. The second-order valence-electron chi connectivity index (χ2n) is 7.69. The standard InChI is InChI=1S/C25H20N8O/c1-14-8-16(4-3-7-26)9-15(2)22(14)19-10-18(33-34)11-20-23(19)31-25(32-24(20)28)30-21-6-5-17(12-27)13-29-21/h3-6,8-11,13,33-34H,1-2H3,(H3,28,29,30,31,32)/p+1/b4-3+. The minimum atomic E-state index is 0.245. The summed E-state index contributed by atoms with van der Waals surface area (Å²) < 4.78 is 0.